The highest BCUT2D eigenvalue weighted by Crippen LogP contribution is 2.33. The number of imidazole rings is 1. The van der Waals surface area contributed by atoms with E-state index in [0.29, 0.717) is 24.9 Å². The van der Waals surface area contributed by atoms with Crippen LogP contribution in [0.4, 0.5) is 0 Å². The highest BCUT2D eigenvalue weighted by atomic mass is 16.2. The number of tetrazole rings is 2. The Kier molecular flexibility index (Phi) is 7.06. The lowest BCUT2D eigenvalue weighted by atomic mass is 9.78. The van der Waals surface area contributed by atoms with E-state index in [1.54, 1.807) is 9.25 Å². The zero-order valence-corrected chi connectivity index (χ0v) is 21.1. The molecule has 12 heteroatoms. The first-order chi connectivity index (χ1) is 18.1. The van der Waals surface area contributed by atoms with Crippen LogP contribution in [0.25, 0.3) is 17.3 Å². The number of benzene rings is 1. The third-order valence-corrected chi connectivity index (χ3v) is 6.69. The van der Waals surface area contributed by atoms with Crippen molar-refractivity contribution in [2.45, 2.75) is 64.5 Å². The molecule has 0 spiro atoms. The molecule has 192 valence electrons. The molecule has 0 saturated carbocycles. The minimum atomic E-state index is -0.570. The fourth-order valence-electron chi connectivity index (χ4n) is 4.61. The van der Waals surface area contributed by atoms with Gasteiger partial charge in [-0.15, -0.1) is 5.10 Å². The van der Waals surface area contributed by atoms with E-state index in [2.05, 4.69) is 79.6 Å². The van der Waals surface area contributed by atoms with Gasteiger partial charge < -0.3 is 5.32 Å². The van der Waals surface area contributed by atoms with Gasteiger partial charge in [0.15, 0.2) is 5.82 Å². The first-order valence-electron chi connectivity index (χ1n) is 12.7. The molecule has 0 fully saturated rings. The summed E-state index contributed by atoms with van der Waals surface area (Å²) >= 11 is 0. The number of aryl methyl sites for hydroxylation is 2. The van der Waals surface area contributed by atoms with Gasteiger partial charge in [-0.2, -0.15) is 0 Å². The fraction of sp³-hybridized carbons (Fsp3) is 0.400. The van der Waals surface area contributed by atoms with E-state index in [1.165, 1.54) is 0 Å². The van der Waals surface area contributed by atoms with Crippen LogP contribution in [0.5, 0.6) is 0 Å². The molecule has 1 aromatic carbocycles. The molecule has 37 heavy (non-hydrogen) atoms. The van der Waals surface area contributed by atoms with Crippen LogP contribution >= 0.6 is 0 Å². The molecule has 1 aliphatic rings. The molecule has 5 rings (SSSR count). The van der Waals surface area contributed by atoms with Crippen LogP contribution in [0.15, 0.2) is 59.8 Å². The van der Waals surface area contributed by atoms with Crippen LogP contribution < -0.4 is 11.0 Å². The van der Waals surface area contributed by atoms with Crippen molar-refractivity contribution < 1.29 is 0 Å². The van der Waals surface area contributed by atoms with Crippen LogP contribution in [0.2, 0.25) is 0 Å². The molecule has 0 atom stereocenters. The smallest absolute Gasteiger partial charge is 0.335 e. The van der Waals surface area contributed by atoms with E-state index in [0.717, 1.165) is 48.9 Å². The summed E-state index contributed by atoms with van der Waals surface area (Å²) in [6, 6.07) is 8.05. The number of dihydropyridines is 1. The van der Waals surface area contributed by atoms with Gasteiger partial charge in [0.25, 0.3) is 5.95 Å². The molecule has 4 heterocycles. The lowest BCUT2D eigenvalue weighted by Gasteiger charge is -2.31. The Labute approximate surface area is 214 Å². The van der Waals surface area contributed by atoms with Crippen molar-refractivity contribution in [3.8, 4) is 17.3 Å². The first kappa shape index (κ1) is 24.3. The largest absolute Gasteiger partial charge is 0.368 e. The average molecular weight is 502 g/mol. The van der Waals surface area contributed by atoms with Gasteiger partial charge in [-0.3, -0.25) is 4.57 Å². The molecule has 4 aromatic rings. The van der Waals surface area contributed by atoms with Crippen molar-refractivity contribution in [3.63, 3.8) is 0 Å². The Morgan fingerprint density at radius 1 is 1.03 bits per heavy atom. The maximum absolute atomic E-state index is 13.9. The normalized spacial score (nSPS) is 14.2. The summed E-state index contributed by atoms with van der Waals surface area (Å²) < 4.78 is 5.14. The summed E-state index contributed by atoms with van der Waals surface area (Å²) in [6.45, 7) is 5.34. The Morgan fingerprint density at radius 3 is 2.62 bits per heavy atom. The predicted molar refractivity (Wildman–Crippen MR) is 138 cm³/mol. The van der Waals surface area contributed by atoms with Gasteiger partial charge >= 0.3 is 5.69 Å². The van der Waals surface area contributed by atoms with Gasteiger partial charge in [0.1, 0.15) is 0 Å². The van der Waals surface area contributed by atoms with E-state index >= 15 is 0 Å². The van der Waals surface area contributed by atoms with Crippen molar-refractivity contribution in [3.05, 3.63) is 76.8 Å². The maximum atomic E-state index is 13.9. The average Bonchev–Trinajstić information content (AvgIpc) is 3.69. The first-order valence-corrected chi connectivity index (χ1v) is 12.7. The van der Waals surface area contributed by atoms with Crippen LogP contribution in [-0.4, -0.2) is 50.0 Å². The number of rotatable bonds is 11. The lowest BCUT2D eigenvalue weighted by molar-refractivity contribution is 0.493. The van der Waals surface area contributed by atoms with Crippen LogP contribution in [-0.2, 0) is 24.9 Å². The Hall–Kier alpha value is -4.35. The Bertz CT molecular complexity index is 1430. The second-order valence-corrected chi connectivity index (χ2v) is 9.22. The number of hydrogen-bond donors (Lipinski definition) is 2. The summed E-state index contributed by atoms with van der Waals surface area (Å²) in [5.41, 5.74) is 2.11. The second kappa shape index (κ2) is 10.7. The third kappa shape index (κ3) is 4.86. The number of nitrogens with one attached hydrogen (secondary N) is 2. The minimum Gasteiger partial charge on any atom is -0.368 e. The van der Waals surface area contributed by atoms with Gasteiger partial charge in [-0.25, -0.2) is 19.1 Å². The van der Waals surface area contributed by atoms with Crippen LogP contribution in [0.3, 0.4) is 0 Å². The van der Waals surface area contributed by atoms with E-state index in [9.17, 15) is 4.79 Å². The highest BCUT2D eigenvalue weighted by molar-refractivity contribution is 5.57. The van der Waals surface area contributed by atoms with Gasteiger partial charge in [-0.05, 0) is 64.1 Å². The summed E-state index contributed by atoms with van der Waals surface area (Å²) in [5, 5.41) is 29.6. The zero-order chi connectivity index (χ0) is 25.7. The quantitative estimate of drug-likeness (QED) is 0.320. The van der Waals surface area contributed by atoms with Gasteiger partial charge in [0, 0.05) is 30.5 Å². The molecule has 0 aliphatic carbocycles. The molecule has 0 unspecified atom stereocenters. The molecule has 1 aliphatic heterocycles. The van der Waals surface area contributed by atoms with E-state index in [4.69, 9.17) is 0 Å². The minimum absolute atomic E-state index is 0.158. The molecule has 12 nitrogen and oxygen atoms in total. The van der Waals surface area contributed by atoms with Gasteiger partial charge in [-0.1, -0.05) is 62.1 Å². The highest BCUT2D eigenvalue weighted by Gasteiger charge is 2.32. The molecule has 2 N–H and O–H groups in total. The topological polar surface area (TPSA) is 137 Å². The van der Waals surface area contributed by atoms with Crippen molar-refractivity contribution in [1.82, 2.24) is 55.3 Å². The number of allylic oxidation sites excluding steroid dienone is 2. The summed E-state index contributed by atoms with van der Waals surface area (Å²) in [6.07, 6.45) is 14.6. The molecule has 0 amide bonds. The summed E-state index contributed by atoms with van der Waals surface area (Å²) in [5.74, 6) is 1.03. The second-order valence-electron chi connectivity index (χ2n) is 9.22. The number of H-pyrrole nitrogens is 1. The van der Waals surface area contributed by atoms with Gasteiger partial charge in [0.2, 0.25) is 0 Å². The molecular formula is C25H31N11O. The number of aromatic amines is 1. The predicted octanol–water partition coefficient (Wildman–Crippen LogP) is 2.52. The molecule has 3 aromatic heterocycles. The number of unbranched alkanes of at least 4 members (excludes halogenated alkanes) is 2. The number of hydrogen-bond acceptors (Lipinski definition) is 8. The molecular weight excluding hydrogens is 470 g/mol. The van der Waals surface area contributed by atoms with Gasteiger partial charge in [0.05, 0.1) is 5.41 Å². The van der Waals surface area contributed by atoms with Crippen molar-refractivity contribution in [1.29, 1.82) is 0 Å². The maximum Gasteiger partial charge on any atom is 0.335 e. The van der Waals surface area contributed by atoms with Crippen LogP contribution in [0, 0.1) is 0 Å². The number of nitrogens with zero attached hydrogens (tertiary/aromatic N) is 9. The lowest BCUT2D eigenvalue weighted by Crippen LogP contribution is -2.36. The van der Waals surface area contributed by atoms with Crippen molar-refractivity contribution in [2.75, 3.05) is 0 Å². The standard InChI is InChI=1S/C25H31N11O/c1-3-5-10-21-17-34(23-29-32-33-36(23)15-6-4-2)24(37)35(21)18-25(11-13-26-14-12-25)20-9-7-8-19(16-20)22-27-30-31-28-22/h7-9,11-14,16-17,26H,3-6,10,15,18H2,1-2H3,(H,27,28,30,31). The van der Waals surface area contributed by atoms with E-state index in [1.807, 2.05) is 35.3 Å². The van der Waals surface area contributed by atoms with E-state index in [-0.39, 0.29) is 5.69 Å². The SMILES string of the molecule is CCCCc1cn(-c2nnnn2CCCC)c(=O)n1CC1(c2cccc(-c3nnn[nH]3)c2)C=CNC=C1. The zero-order valence-electron chi connectivity index (χ0n) is 21.1. The monoisotopic (exact) mass is 501 g/mol. The Morgan fingerprint density at radius 2 is 1.86 bits per heavy atom. The fourth-order valence-corrected chi connectivity index (χ4v) is 4.61. The van der Waals surface area contributed by atoms with Crippen LogP contribution in [0.1, 0.15) is 50.8 Å². The Balaban J connectivity index is 1.59. The third-order valence-electron chi connectivity index (χ3n) is 6.69. The molecule has 0 saturated heterocycles. The summed E-state index contributed by atoms with van der Waals surface area (Å²) in [7, 11) is 0. The van der Waals surface area contributed by atoms with Crippen molar-refractivity contribution in [2.24, 2.45) is 0 Å². The number of aromatic nitrogens is 10. The van der Waals surface area contributed by atoms with Crippen molar-refractivity contribution >= 4 is 0 Å². The molecule has 0 radical (unpaired) electrons. The van der Waals surface area contributed by atoms with E-state index < -0.39 is 5.41 Å². The summed E-state index contributed by atoms with van der Waals surface area (Å²) in [4.78, 5) is 13.9. The molecule has 0 bridgehead atoms.